The zero-order valence-electron chi connectivity index (χ0n) is 10.8. The van der Waals surface area contributed by atoms with E-state index in [1.54, 1.807) is 30.4 Å². The van der Waals surface area contributed by atoms with Crippen molar-refractivity contribution in [1.29, 1.82) is 0 Å². The van der Waals surface area contributed by atoms with Crippen LogP contribution in [0.3, 0.4) is 0 Å². The highest BCUT2D eigenvalue weighted by Crippen LogP contribution is 2.21. The average Bonchev–Trinajstić information content (AvgIpc) is 2.40. The molecule has 1 fully saturated rings. The molecular weight excluding hydrogens is 283 g/mol. The fourth-order valence-corrected chi connectivity index (χ4v) is 2.30. The van der Waals surface area contributed by atoms with Crippen molar-refractivity contribution in [1.82, 2.24) is 9.80 Å². The molecule has 1 aromatic carbocycles. The number of nitrogens with zero attached hydrogens (tertiary/aromatic N) is 2. The average molecular weight is 299 g/mol. The van der Waals surface area contributed by atoms with Gasteiger partial charge in [0, 0.05) is 42.3 Å². The summed E-state index contributed by atoms with van der Waals surface area (Å²) in [6.07, 6.45) is 3.28. The summed E-state index contributed by atoms with van der Waals surface area (Å²) in [4.78, 5) is 16.1. The third kappa shape index (κ3) is 3.96. The highest BCUT2D eigenvalue weighted by Gasteiger charge is 2.16. The first-order valence-electron chi connectivity index (χ1n) is 6.17. The molecular formula is C14H16Cl2N2O. The summed E-state index contributed by atoms with van der Waals surface area (Å²) < 4.78 is 0. The minimum Gasteiger partial charge on any atom is -0.337 e. The van der Waals surface area contributed by atoms with E-state index in [0.29, 0.717) is 10.0 Å². The molecule has 0 atom stereocenters. The van der Waals surface area contributed by atoms with Gasteiger partial charge in [-0.1, -0.05) is 23.2 Å². The normalized spacial score (nSPS) is 17.1. The van der Waals surface area contributed by atoms with Crippen LogP contribution < -0.4 is 0 Å². The molecule has 1 aliphatic heterocycles. The van der Waals surface area contributed by atoms with Crippen molar-refractivity contribution in [3.05, 3.63) is 39.9 Å². The van der Waals surface area contributed by atoms with Gasteiger partial charge in [-0.25, -0.2) is 0 Å². The monoisotopic (exact) mass is 298 g/mol. The highest BCUT2D eigenvalue weighted by molar-refractivity contribution is 6.34. The predicted molar refractivity (Wildman–Crippen MR) is 79.6 cm³/mol. The molecule has 1 amide bonds. The minimum absolute atomic E-state index is 0.0177. The number of hydrogen-bond donors (Lipinski definition) is 0. The van der Waals surface area contributed by atoms with E-state index in [-0.39, 0.29) is 5.91 Å². The van der Waals surface area contributed by atoms with Gasteiger partial charge in [0.05, 0.1) is 0 Å². The van der Waals surface area contributed by atoms with E-state index < -0.39 is 0 Å². The van der Waals surface area contributed by atoms with Gasteiger partial charge >= 0.3 is 0 Å². The summed E-state index contributed by atoms with van der Waals surface area (Å²) in [6.45, 7) is 3.36. The van der Waals surface area contributed by atoms with E-state index in [4.69, 9.17) is 23.2 Å². The van der Waals surface area contributed by atoms with Crippen molar-refractivity contribution in [2.45, 2.75) is 0 Å². The number of hydrogen-bond acceptors (Lipinski definition) is 2. The summed E-state index contributed by atoms with van der Waals surface area (Å²) in [6, 6.07) is 5.20. The Balaban J connectivity index is 2.02. The molecule has 1 aromatic rings. The van der Waals surface area contributed by atoms with Crippen LogP contribution in [0.25, 0.3) is 6.08 Å². The number of carbonyl (C=O) groups is 1. The summed E-state index contributed by atoms with van der Waals surface area (Å²) in [5, 5.41) is 1.20. The van der Waals surface area contributed by atoms with Gasteiger partial charge < -0.3 is 9.80 Å². The number of likely N-dealkylation sites (N-methyl/N-ethyl adjacent to an activating group) is 1. The molecule has 0 aromatic heterocycles. The van der Waals surface area contributed by atoms with Crippen LogP contribution in [-0.4, -0.2) is 48.9 Å². The number of benzene rings is 1. The maximum Gasteiger partial charge on any atom is 0.246 e. The Bertz CT molecular complexity index is 494. The van der Waals surface area contributed by atoms with Crippen LogP contribution in [0, 0.1) is 0 Å². The molecule has 1 aliphatic rings. The third-order valence-electron chi connectivity index (χ3n) is 3.18. The lowest BCUT2D eigenvalue weighted by Crippen LogP contribution is -2.46. The van der Waals surface area contributed by atoms with Gasteiger partial charge in [0.15, 0.2) is 0 Å². The summed E-state index contributed by atoms with van der Waals surface area (Å²) in [5.41, 5.74) is 0.761. The van der Waals surface area contributed by atoms with Gasteiger partial charge in [0.1, 0.15) is 0 Å². The number of amides is 1. The first-order chi connectivity index (χ1) is 9.06. The molecule has 1 heterocycles. The first kappa shape index (κ1) is 14.4. The van der Waals surface area contributed by atoms with Gasteiger partial charge in [-0.15, -0.1) is 0 Å². The molecule has 102 valence electrons. The minimum atomic E-state index is 0.0177. The van der Waals surface area contributed by atoms with Crippen molar-refractivity contribution < 1.29 is 4.79 Å². The zero-order chi connectivity index (χ0) is 13.8. The Morgan fingerprint density at radius 1 is 1.21 bits per heavy atom. The molecule has 0 unspecified atom stereocenters. The van der Waals surface area contributed by atoms with Crippen LogP contribution in [-0.2, 0) is 4.79 Å². The van der Waals surface area contributed by atoms with E-state index in [1.165, 1.54) is 0 Å². The van der Waals surface area contributed by atoms with Crippen molar-refractivity contribution >= 4 is 35.2 Å². The SMILES string of the molecule is CN1CCN(C(=O)/C=C/c2cc(Cl)ccc2Cl)CC1. The molecule has 0 bridgehead atoms. The second-order valence-corrected chi connectivity index (χ2v) is 5.47. The quantitative estimate of drug-likeness (QED) is 0.784. The van der Waals surface area contributed by atoms with Crippen LogP contribution in [0.15, 0.2) is 24.3 Å². The molecule has 0 aliphatic carbocycles. The second kappa shape index (κ2) is 6.42. The van der Waals surface area contributed by atoms with Crippen molar-refractivity contribution in [2.24, 2.45) is 0 Å². The zero-order valence-corrected chi connectivity index (χ0v) is 12.3. The third-order valence-corrected chi connectivity index (χ3v) is 3.76. The summed E-state index contributed by atoms with van der Waals surface area (Å²) in [7, 11) is 2.06. The van der Waals surface area contributed by atoms with Crippen LogP contribution in [0.4, 0.5) is 0 Å². The summed E-state index contributed by atoms with van der Waals surface area (Å²) in [5.74, 6) is 0.0177. The second-order valence-electron chi connectivity index (χ2n) is 4.63. The fourth-order valence-electron chi connectivity index (χ4n) is 1.94. The number of carbonyl (C=O) groups excluding carboxylic acids is 1. The maximum absolute atomic E-state index is 12.0. The van der Waals surface area contributed by atoms with E-state index in [2.05, 4.69) is 11.9 Å². The first-order valence-corrected chi connectivity index (χ1v) is 6.92. The van der Waals surface area contributed by atoms with Crippen molar-refractivity contribution in [3.8, 4) is 0 Å². The lowest BCUT2D eigenvalue weighted by molar-refractivity contribution is -0.127. The Hall–Kier alpha value is -1.03. The molecule has 0 spiro atoms. The molecule has 0 radical (unpaired) electrons. The van der Waals surface area contributed by atoms with Crippen LogP contribution >= 0.6 is 23.2 Å². The maximum atomic E-state index is 12.0. The number of piperazine rings is 1. The van der Waals surface area contributed by atoms with Gasteiger partial charge in [0.25, 0.3) is 0 Å². The van der Waals surface area contributed by atoms with Crippen molar-refractivity contribution in [2.75, 3.05) is 33.2 Å². The van der Waals surface area contributed by atoms with Gasteiger partial charge in [0.2, 0.25) is 5.91 Å². The number of halogens is 2. The van der Waals surface area contributed by atoms with Gasteiger partial charge in [-0.2, -0.15) is 0 Å². The molecule has 1 saturated heterocycles. The molecule has 2 rings (SSSR count). The van der Waals surface area contributed by atoms with Crippen molar-refractivity contribution in [3.63, 3.8) is 0 Å². The lowest BCUT2D eigenvalue weighted by Gasteiger charge is -2.31. The lowest BCUT2D eigenvalue weighted by atomic mass is 10.2. The topological polar surface area (TPSA) is 23.6 Å². The van der Waals surface area contributed by atoms with E-state index >= 15 is 0 Å². The molecule has 5 heteroatoms. The summed E-state index contributed by atoms with van der Waals surface area (Å²) >= 11 is 11.9. The predicted octanol–water partition coefficient (Wildman–Crippen LogP) is 2.78. The molecule has 3 nitrogen and oxygen atoms in total. The standard InChI is InChI=1S/C14H16Cl2N2O/c1-17-6-8-18(9-7-17)14(19)5-2-11-10-12(15)3-4-13(11)16/h2-5,10H,6-9H2,1H3/b5-2+. The van der Waals surface area contributed by atoms with E-state index in [9.17, 15) is 4.79 Å². The Kier molecular flexibility index (Phi) is 4.86. The molecule has 19 heavy (non-hydrogen) atoms. The Morgan fingerprint density at radius 2 is 1.89 bits per heavy atom. The Morgan fingerprint density at radius 3 is 2.58 bits per heavy atom. The number of rotatable bonds is 2. The molecule has 0 saturated carbocycles. The Labute approximate surface area is 123 Å². The molecule has 0 N–H and O–H groups in total. The van der Waals surface area contributed by atoms with E-state index in [1.807, 2.05) is 4.90 Å². The van der Waals surface area contributed by atoms with Gasteiger partial charge in [-0.3, -0.25) is 4.79 Å². The van der Waals surface area contributed by atoms with Crippen LogP contribution in [0.5, 0.6) is 0 Å². The van der Waals surface area contributed by atoms with E-state index in [0.717, 1.165) is 31.7 Å². The van der Waals surface area contributed by atoms with Gasteiger partial charge in [-0.05, 0) is 36.9 Å². The largest absolute Gasteiger partial charge is 0.337 e. The van der Waals surface area contributed by atoms with Crippen LogP contribution in [0.2, 0.25) is 10.0 Å². The fraction of sp³-hybridized carbons (Fsp3) is 0.357. The smallest absolute Gasteiger partial charge is 0.246 e. The highest BCUT2D eigenvalue weighted by atomic mass is 35.5. The van der Waals surface area contributed by atoms with Crippen LogP contribution in [0.1, 0.15) is 5.56 Å².